The molecule has 3 rings (SSSR count). The van der Waals surface area contributed by atoms with Crippen LogP contribution in [0.1, 0.15) is 18.1 Å². The Hall–Kier alpha value is -4.17. The summed E-state index contributed by atoms with van der Waals surface area (Å²) >= 11 is 0. The molecule has 192 valence electrons. The Labute approximate surface area is 196 Å². The van der Waals surface area contributed by atoms with Crippen LogP contribution in [0.4, 0.5) is 45.6 Å². The van der Waals surface area contributed by atoms with Crippen LogP contribution in [0.3, 0.4) is 0 Å². The van der Waals surface area contributed by atoms with Gasteiger partial charge in [-0.3, -0.25) is 5.32 Å². The second-order valence-electron chi connectivity index (χ2n) is 6.69. The van der Waals surface area contributed by atoms with Crippen LogP contribution in [0.2, 0.25) is 0 Å². The highest BCUT2D eigenvalue weighted by Crippen LogP contribution is 2.40. The lowest BCUT2D eigenvalue weighted by molar-refractivity contribution is -0.140. The fraction of sp³-hybridized carbons (Fsp3) is 0.190. The summed E-state index contributed by atoms with van der Waals surface area (Å²) in [6, 6.07) is 3.26. The lowest BCUT2D eigenvalue weighted by atomic mass is 10.2. The smallest absolute Gasteiger partial charge is 0.419 e. The highest BCUT2D eigenvalue weighted by molar-refractivity contribution is 5.88. The fourth-order valence-corrected chi connectivity index (χ4v) is 2.68. The van der Waals surface area contributed by atoms with E-state index in [9.17, 15) is 39.9 Å². The van der Waals surface area contributed by atoms with E-state index in [1.807, 2.05) is 0 Å². The van der Waals surface area contributed by atoms with Crippen LogP contribution in [0.25, 0.3) is 0 Å². The number of ether oxygens (including phenoxy) is 3. The summed E-state index contributed by atoms with van der Waals surface area (Å²) in [5, 5.41) is 2.10. The predicted molar refractivity (Wildman–Crippen MR) is 106 cm³/mol. The van der Waals surface area contributed by atoms with E-state index in [0.717, 1.165) is 18.5 Å². The van der Waals surface area contributed by atoms with Crippen LogP contribution in [0.5, 0.6) is 23.3 Å². The van der Waals surface area contributed by atoms with Crippen LogP contribution in [-0.4, -0.2) is 22.7 Å². The van der Waals surface area contributed by atoms with Gasteiger partial charge in [-0.1, -0.05) is 0 Å². The summed E-state index contributed by atoms with van der Waals surface area (Å²) in [7, 11) is 0. The number of amides is 1. The van der Waals surface area contributed by atoms with Crippen LogP contribution >= 0.6 is 0 Å². The molecule has 36 heavy (non-hydrogen) atoms. The van der Waals surface area contributed by atoms with Crippen molar-refractivity contribution in [1.82, 2.24) is 9.97 Å². The Morgan fingerprint density at radius 1 is 0.833 bits per heavy atom. The van der Waals surface area contributed by atoms with Crippen molar-refractivity contribution in [2.45, 2.75) is 19.3 Å². The molecule has 0 aliphatic rings. The summed E-state index contributed by atoms with van der Waals surface area (Å²) in [6.07, 6.45) is -10.5. The Kier molecular flexibility index (Phi) is 7.50. The number of anilines is 1. The molecule has 1 heterocycles. The Bertz CT molecular complexity index is 1180. The molecule has 0 saturated heterocycles. The molecule has 0 atom stereocenters. The zero-order valence-electron chi connectivity index (χ0n) is 17.8. The lowest BCUT2D eigenvalue weighted by Gasteiger charge is -2.16. The molecule has 3 aromatic rings. The maximum absolute atomic E-state index is 13.6. The number of alkyl halides is 6. The van der Waals surface area contributed by atoms with Gasteiger partial charge in [-0.05, 0) is 43.3 Å². The summed E-state index contributed by atoms with van der Waals surface area (Å²) in [5.41, 5.74) is -3.88. The third kappa shape index (κ3) is 6.28. The molecule has 1 aromatic heterocycles. The molecule has 0 saturated carbocycles. The monoisotopic (exact) mass is 523 g/mol. The molecule has 0 radical (unpaired) electrons. The highest BCUT2D eigenvalue weighted by atomic mass is 19.4. The van der Waals surface area contributed by atoms with Crippen molar-refractivity contribution < 1.29 is 54.1 Å². The number of aromatic nitrogens is 2. The Morgan fingerprint density at radius 2 is 1.28 bits per heavy atom. The molecule has 0 unspecified atom stereocenters. The van der Waals surface area contributed by atoms with Crippen LogP contribution < -0.4 is 14.8 Å². The number of hydrogen-bond acceptors (Lipinski definition) is 6. The maximum Gasteiger partial charge on any atom is 0.419 e. The first-order valence-electron chi connectivity index (χ1n) is 9.67. The molecule has 0 aliphatic carbocycles. The Balaban J connectivity index is 2.04. The first-order chi connectivity index (χ1) is 16.8. The zero-order chi connectivity index (χ0) is 26.7. The third-order valence-corrected chi connectivity index (χ3v) is 4.20. The van der Waals surface area contributed by atoms with E-state index >= 15 is 0 Å². The van der Waals surface area contributed by atoms with E-state index in [-0.39, 0.29) is 6.61 Å². The van der Waals surface area contributed by atoms with E-state index < -0.39 is 70.2 Å². The van der Waals surface area contributed by atoms with Gasteiger partial charge in [0.25, 0.3) is 11.8 Å². The van der Waals surface area contributed by atoms with Crippen molar-refractivity contribution >= 4 is 11.8 Å². The summed E-state index contributed by atoms with van der Waals surface area (Å²) in [5.74, 6) is -5.56. The largest absolute Gasteiger partial charge is 0.450 e. The molecule has 0 fully saturated rings. The van der Waals surface area contributed by atoms with Gasteiger partial charge >= 0.3 is 18.4 Å². The lowest BCUT2D eigenvalue weighted by Crippen LogP contribution is -2.15. The van der Waals surface area contributed by atoms with Gasteiger partial charge in [0.1, 0.15) is 29.5 Å². The third-order valence-electron chi connectivity index (χ3n) is 4.20. The molecule has 7 nitrogen and oxygen atoms in total. The molecular formula is C21H13F8N3O4. The SMILES string of the molecule is CCOC(=O)Nc1c(Oc2ccc(F)c(C(F)(F)F)c2)ncnc1Oc1ccc(F)c(C(F)(F)F)c1. The normalized spacial score (nSPS) is 11.7. The second-order valence-corrected chi connectivity index (χ2v) is 6.69. The van der Waals surface area contributed by atoms with Crippen LogP contribution in [0.15, 0.2) is 42.7 Å². The van der Waals surface area contributed by atoms with E-state index in [1.165, 1.54) is 6.92 Å². The van der Waals surface area contributed by atoms with Gasteiger partial charge in [-0.25, -0.2) is 13.6 Å². The van der Waals surface area contributed by atoms with E-state index in [1.54, 1.807) is 0 Å². The van der Waals surface area contributed by atoms with E-state index in [4.69, 9.17) is 14.2 Å². The number of nitrogens with one attached hydrogen (secondary N) is 1. The number of nitrogens with zero attached hydrogens (tertiary/aromatic N) is 2. The zero-order valence-corrected chi connectivity index (χ0v) is 17.8. The molecule has 0 spiro atoms. The van der Waals surface area contributed by atoms with Gasteiger partial charge in [-0.2, -0.15) is 36.3 Å². The Morgan fingerprint density at radius 3 is 1.67 bits per heavy atom. The molecule has 2 aromatic carbocycles. The minimum absolute atomic E-state index is 0.119. The van der Waals surface area contributed by atoms with Crippen molar-refractivity contribution in [2.24, 2.45) is 0 Å². The first-order valence-corrected chi connectivity index (χ1v) is 9.67. The minimum Gasteiger partial charge on any atom is -0.450 e. The molecule has 1 amide bonds. The fourth-order valence-electron chi connectivity index (χ4n) is 2.68. The molecule has 15 heteroatoms. The van der Waals surface area contributed by atoms with Crippen LogP contribution in [-0.2, 0) is 17.1 Å². The number of rotatable bonds is 6. The summed E-state index contributed by atoms with van der Waals surface area (Å²) < 4.78 is 121. The molecule has 1 N–H and O–H groups in total. The molecule has 0 aliphatic heterocycles. The van der Waals surface area contributed by atoms with Gasteiger partial charge < -0.3 is 14.2 Å². The van der Waals surface area contributed by atoms with Gasteiger partial charge in [0.05, 0.1) is 17.7 Å². The van der Waals surface area contributed by atoms with Gasteiger partial charge in [-0.15, -0.1) is 0 Å². The number of benzene rings is 2. The first kappa shape index (κ1) is 26.4. The number of carbonyl (C=O) groups is 1. The highest BCUT2D eigenvalue weighted by Gasteiger charge is 2.35. The predicted octanol–water partition coefficient (Wildman–Crippen LogP) is 6.95. The molecule has 0 bridgehead atoms. The average Bonchev–Trinajstić information content (AvgIpc) is 2.77. The summed E-state index contributed by atoms with van der Waals surface area (Å²) in [4.78, 5) is 19.3. The van der Waals surface area contributed by atoms with Crippen molar-refractivity contribution in [2.75, 3.05) is 11.9 Å². The van der Waals surface area contributed by atoms with Gasteiger partial charge in [0.15, 0.2) is 5.69 Å². The van der Waals surface area contributed by atoms with Gasteiger partial charge in [0.2, 0.25) is 0 Å². The topological polar surface area (TPSA) is 82.6 Å². The van der Waals surface area contributed by atoms with Crippen molar-refractivity contribution in [3.8, 4) is 23.3 Å². The standard InChI is InChI=1S/C21H13F8N3O4/c1-2-34-19(33)32-16-17(35-10-3-5-14(22)12(7-10)20(24,25)26)30-9-31-18(16)36-11-4-6-15(23)13(8-11)21(27,28)29/h3-9H,2H2,1H3,(H,32,33). The number of hydrogen-bond donors (Lipinski definition) is 1. The number of carbonyl (C=O) groups excluding carboxylic acids is 1. The van der Waals surface area contributed by atoms with Crippen molar-refractivity contribution in [3.05, 3.63) is 65.5 Å². The minimum atomic E-state index is -5.06. The number of halogens is 8. The molecular weight excluding hydrogens is 510 g/mol. The van der Waals surface area contributed by atoms with E-state index in [2.05, 4.69) is 15.3 Å². The average molecular weight is 523 g/mol. The maximum atomic E-state index is 13.6. The van der Waals surface area contributed by atoms with Crippen LogP contribution in [0, 0.1) is 11.6 Å². The van der Waals surface area contributed by atoms with Gasteiger partial charge in [0, 0.05) is 0 Å². The summed E-state index contributed by atoms with van der Waals surface area (Å²) in [6.45, 7) is 1.33. The quantitative estimate of drug-likeness (QED) is 0.353. The van der Waals surface area contributed by atoms with E-state index in [0.29, 0.717) is 24.3 Å². The van der Waals surface area contributed by atoms with Crippen molar-refractivity contribution in [1.29, 1.82) is 0 Å². The van der Waals surface area contributed by atoms with Crippen molar-refractivity contribution in [3.63, 3.8) is 0 Å². The second kappa shape index (κ2) is 10.2.